The number of benzene rings is 1. The highest BCUT2D eigenvalue weighted by Crippen LogP contribution is 2.37. The molecule has 1 amide bonds. The SMILES string of the molecule is Cc1ccc(OC(C(F)(F)F)C(F)(F)F)c(C(=O)N=c2ccccn2O)c1. The average Bonchev–Trinajstić information content (AvgIpc) is 2.53. The number of carbonyl (C=O) groups is 1. The van der Waals surface area contributed by atoms with E-state index in [0.29, 0.717) is 10.3 Å². The maximum atomic E-state index is 12.7. The number of rotatable bonds is 3. The Morgan fingerprint density at radius 2 is 1.74 bits per heavy atom. The van der Waals surface area contributed by atoms with Gasteiger partial charge in [-0.25, -0.2) is 0 Å². The molecule has 0 saturated heterocycles. The van der Waals surface area contributed by atoms with E-state index in [1.807, 2.05) is 0 Å². The van der Waals surface area contributed by atoms with Crippen molar-refractivity contribution < 1.29 is 41.1 Å². The summed E-state index contributed by atoms with van der Waals surface area (Å²) in [6.07, 6.45) is -14.5. The summed E-state index contributed by atoms with van der Waals surface area (Å²) in [4.78, 5) is 15.8. The van der Waals surface area contributed by atoms with Gasteiger partial charge >= 0.3 is 12.4 Å². The highest BCUT2D eigenvalue weighted by Gasteiger charge is 2.59. The number of halogens is 6. The summed E-state index contributed by atoms with van der Waals surface area (Å²) >= 11 is 0. The second-order valence-corrected chi connectivity index (χ2v) is 5.40. The van der Waals surface area contributed by atoms with E-state index in [0.717, 1.165) is 18.3 Å². The van der Waals surface area contributed by atoms with E-state index in [1.54, 1.807) is 0 Å². The number of nitrogens with zero attached hydrogens (tertiary/aromatic N) is 2. The Balaban J connectivity index is 2.50. The summed E-state index contributed by atoms with van der Waals surface area (Å²) in [5.41, 5.74) is -0.517. The molecule has 0 bridgehead atoms. The van der Waals surface area contributed by atoms with Crippen molar-refractivity contribution in [1.29, 1.82) is 0 Å². The van der Waals surface area contributed by atoms with Gasteiger partial charge < -0.3 is 9.94 Å². The lowest BCUT2D eigenvalue weighted by atomic mass is 10.1. The number of ether oxygens (including phenoxy) is 1. The predicted octanol–water partition coefficient (Wildman–Crippen LogP) is 3.65. The molecule has 0 aliphatic carbocycles. The lowest BCUT2D eigenvalue weighted by Gasteiger charge is -2.24. The first-order valence-corrected chi connectivity index (χ1v) is 7.26. The Morgan fingerprint density at radius 3 is 2.30 bits per heavy atom. The molecule has 27 heavy (non-hydrogen) atoms. The average molecular weight is 394 g/mol. The molecule has 1 heterocycles. The van der Waals surface area contributed by atoms with Crippen molar-refractivity contribution in [2.24, 2.45) is 4.99 Å². The first kappa shape index (κ1) is 20.3. The Hall–Kier alpha value is -2.98. The van der Waals surface area contributed by atoms with E-state index >= 15 is 0 Å². The molecule has 1 N–H and O–H groups in total. The van der Waals surface area contributed by atoms with Crippen molar-refractivity contribution in [3.05, 3.63) is 59.2 Å². The number of carbonyl (C=O) groups excluding carboxylic acids is 1. The van der Waals surface area contributed by atoms with Crippen LogP contribution in [0.3, 0.4) is 0 Å². The fraction of sp³-hybridized carbons (Fsp3) is 0.250. The van der Waals surface area contributed by atoms with Gasteiger partial charge in [0.1, 0.15) is 5.75 Å². The van der Waals surface area contributed by atoms with Crippen LogP contribution >= 0.6 is 0 Å². The van der Waals surface area contributed by atoms with Crippen LogP contribution in [0.5, 0.6) is 5.75 Å². The first-order chi connectivity index (χ1) is 12.4. The van der Waals surface area contributed by atoms with Crippen LogP contribution in [-0.2, 0) is 0 Å². The zero-order chi connectivity index (χ0) is 20.4. The van der Waals surface area contributed by atoms with E-state index in [4.69, 9.17) is 0 Å². The number of hydrogen-bond acceptors (Lipinski definition) is 3. The molecule has 0 radical (unpaired) electrons. The zero-order valence-corrected chi connectivity index (χ0v) is 13.5. The van der Waals surface area contributed by atoms with Crippen molar-refractivity contribution in [2.45, 2.75) is 25.4 Å². The first-order valence-electron chi connectivity index (χ1n) is 7.26. The summed E-state index contributed by atoms with van der Waals surface area (Å²) < 4.78 is 80.9. The Morgan fingerprint density at radius 1 is 1.11 bits per heavy atom. The third-order valence-corrected chi connectivity index (χ3v) is 3.24. The number of hydrogen-bond donors (Lipinski definition) is 1. The van der Waals surface area contributed by atoms with E-state index in [-0.39, 0.29) is 5.49 Å². The minimum absolute atomic E-state index is 0.279. The van der Waals surface area contributed by atoms with Crippen LogP contribution in [0.4, 0.5) is 26.3 Å². The van der Waals surface area contributed by atoms with Gasteiger partial charge in [-0.1, -0.05) is 17.7 Å². The molecule has 11 heteroatoms. The van der Waals surface area contributed by atoms with Crippen LogP contribution in [-0.4, -0.2) is 34.3 Å². The third kappa shape index (κ3) is 5.02. The minimum Gasteiger partial charge on any atom is -0.470 e. The Labute approximate surface area is 148 Å². The largest absolute Gasteiger partial charge is 0.470 e. The van der Waals surface area contributed by atoms with Gasteiger partial charge in [0.05, 0.1) is 5.56 Å². The molecule has 5 nitrogen and oxygen atoms in total. The van der Waals surface area contributed by atoms with Gasteiger partial charge in [0, 0.05) is 6.20 Å². The van der Waals surface area contributed by atoms with Crippen LogP contribution in [0.15, 0.2) is 47.6 Å². The summed E-state index contributed by atoms with van der Waals surface area (Å²) in [7, 11) is 0. The van der Waals surface area contributed by atoms with Gasteiger partial charge in [-0.3, -0.25) is 4.79 Å². The summed E-state index contributed by atoms with van der Waals surface area (Å²) in [6.45, 7) is 1.47. The summed E-state index contributed by atoms with van der Waals surface area (Å²) in [5.74, 6) is -2.12. The third-order valence-electron chi connectivity index (χ3n) is 3.24. The van der Waals surface area contributed by atoms with Crippen LogP contribution in [0.2, 0.25) is 0 Å². The van der Waals surface area contributed by atoms with Crippen molar-refractivity contribution in [3.63, 3.8) is 0 Å². The van der Waals surface area contributed by atoms with E-state index in [2.05, 4.69) is 9.73 Å². The molecule has 0 spiro atoms. The molecule has 2 aromatic rings. The second kappa shape index (κ2) is 7.33. The normalized spacial score (nSPS) is 13.1. The number of amides is 1. The smallest absolute Gasteiger partial charge is 0.434 e. The number of alkyl halides is 6. The van der Waals surface area contributed by atoms with Crippen LogP contribution in [0, 0.1) is 6.92 Å². The van der Waals surface area contributed by atoms with Crippen LogP contribution < -0.4 is 10.2 Å². The van der Waals surface area contributed by atoms with Gasteiger partial charge in [0.2, 0.25) is 0 Å². The molecule has 0 saturated carbocycles. The number of aryl methyl sites for hydroxylation is 1. The van der Waals surface area contributed by atoms with Crippen LogP contribution in [0.25, 0.3) is 0 Å². The minimum atomic E-state index is -5.74. The molecular formula is C16H12F6N2O3. The molecular weight excluding hydrogens is 382 g/mol. The molecule has 0 atom stereocenters. The number of aromatic nitrogens is 1. The highest BCUT2D eigenvalue weighted by molar-refractivity contribution is 5.97. The van der Waals surface area contributed by atoms with Gasteiger partial charge in [0.25, 0.3) is 12.0 Å². The molecule has 146 valence electrons. The lowest BCUT2D eigenvalue weighted by molar-refractivity contribution is -0.299. The second-order valence-electron chi connectivity index (χ2n) is 5.40. The molecule has 0 aliphatic rings. The lowest BCUT2D eigenvalue weighted by Crippen LogP contribution is -2.46. The zero-order valence-electron chi connectivity index (χ0n) is 13.5. The van der Waals surface area contributed by atoms with Gasteiger partial charge in [-0.15, -0.1) is 0 Å². The summed E-state index contributed by atoms with van der Waals surface area (Å²) in [6, 6.07) is 7.07. The van der Waals surface area contributed by atoms with Crippen molar-refractivity contribution in [1.82, 2.24) is 4.73 Å². The molecule has 0 fully saturated rings. The molecule has 1 aromatic heterocycles. The molecule has 0 aliphatic heterocycles. The Kier molecular flexibility index (Phi) is 5.52. The van der Waals surface area contributed by atoms with E-state index < -0.39 is 35.7 Å². The molecule has 1 aromatic carbocycles. The van der Waals surface area contributed by atoms with Crippen LogP contribution in [0.1, 0.15) is 15.9 Å². The van der Waals surface area contributed by atoms with Crippen molar-refractivity contribution in [3.8, 4) is 5.75 Å². The maximum absolute atomic E-state index is 12.7. The fourth-order valence-electron chi connectivity index (χ4n) is 2.04. The monoisotopic (exact) mass is 394 g/mol. The molecule has 0 unspecified atom stereocenters. The maximum Gasteiger partial charge on any atom is 0.434 e. The van der Waals surface area contributed by atoms with Gasteiger partial charge in [0.15, 0.2) is 5.49 Å². The standard InChI is InChI=1S/C16H12F6N2O3/c1-9-5-6-11(27-14(15(17,18)19)16(20,21)22)10(8-9)13(25)23-12-4-2-3-7-24(12)26/h2-8,14,26H,1H3. The predicted molar refractivity (Wildman–Crippen MR) is 79.2 cm³/mol. The van der Waals surface area contributed by atoms with E-state index in [9.17, 15) is 36.3 Å². The number of pyridine rings is 1. The van der Waals surface area contributed by atoms with Crippen molar-refractivity contribution in [2.75, 3.05) is 0 Å². The highest BCUT2D eigenvalue weighted by atomic mass is 19.4. The van der Waals surface area contributed by atoms with E-state index in [1.165, 1.54) is 31.2 Å². The molecule has 2 rings (SSSR count). The quantitative estimate of drug-likeness (QED) is 0.639. The summed E-state index contributed by atoms with van der Waals surface area (Å²) in [5, 5.41) is 9.53. The fourth-order valence-corrected chi connectivity index (χ4v) is 2.04. The topological polar surface area (TPSA) is 63.8 Å². The van der Waals surface area contributed by atoms with Gasteiger partial charge in [-0.2, -0.15) is 36.1 Å². The Bertz CT molecular complexity index is 888. The van der Waals surface area contributed by atoms with Crippen molar-refractivity contribution >= 4 is 5.91 Å². The van der Waals surface area contributed by atoms with Gasteiger partial charge in [-0.05, 0) is 31.2 Å².